The Bertz CT molecular complexity index is 178. The van der Waals surface area contributed by atoms with E-state index in [1.807, 2.05) is 7.05 Å². The van der Waals surface area contributed by atoms with Gasteiger partial charge in [-0.1, -0.05) is 6.92 Å². The minimum atomic E-state index is 0.397. The molecule has 0 aromatic carbocycles. The first-order valence-corrected chi connectivity index (χ1v) is 6.43. The third-order valence-electron chi connectivity index (χ3n) is 3.18. The first-order valence-electron chi connectivity index (χ1n) is 6.43. The lowest BCUT2D eigenvalue weighted by Gasteiger charge is -2.34. The number of ether oxygens (including phenoxy) is 1. The van der Waals surface area contributed by atoms with Gasteiger partial charge in [-0.2, -0.15) is 0 Å². The van der Waals surface area contributed by atoms with Gasteiger partial charge in [-0.05, 0) is 40.2 Å². The van der Waals surface area contributed by atoms with E-state index >= 15 is 0 Å². The zero-order valence-electron chi connectivity index (χ0n) is 11.0. The number of morpholine rings is 1. The first-order chi connectivity index (χ1) is 7.76. The van der Waals surface area contributed by atoms with Crippen molar-refractivity contribution in [2.24, 2.45) is 0 Å². The number of rotatable bonds is 7. The largest absolute Gasteiger partial charge is 0.374 e. The maximum absolute atomic E-state index is 5.79. The summed E-state index contributed by atoms with van der Waals surface area (Å²) >= 11 is 0. The Kier molecular flexibility index (Phi) is 6.96. The Morgan fingerprint density at radius 2 is 2.31 bits per heavy atom. The van der Waals surface area contributed by atoms with Crippen LogP contribution in [0, 0.1) is 0 Å². The Labute approximate surface area is 99.9 Å². The lowest BCUT2D eigenvalue weighted by Crippen LogP contribution is -2.47. The summed E-state index contributed by atoms with van der Waals surface area (Å²) in [6, 6.07) is 0. The van der Waals surface area contributed by atoms with Crippen molar-refractivity contribution in [2.75, 3.05) is 60.0 Å². The molecule has 0 bridgehead atoms. The highest BCUT2D eigenvalue weighted by molar-refractivity contribution is 4.73. The van der Waals surface area contributed by atoms with Crippen molar-refractivity contribution in [3.8, 4) is 0 Å². The summed E-state index contributed by atoms with van der Waals surface area (Å²) in [6.07, 6.45) is 1.63. The smallest absolute Gasteiger partial charge is 0.0829 e. The summed E-state index contributed by atoms with van der Waals surface area (Å²) in [6.45, 7) is 9.71. The van der Waals surface area contributed by atoms with Gasteiger partial charge < -0.3 is 15.0 Å². The van der Waals surface area contributed by atoms with Crippen LogP contribution < -0.4 is 5.32 Å². The molecule has 1 aliphatic heterocycles. The Morgan fingerprint density at radius 1 is 1.50 bits per heavy atom. The predicted molar refractivity (Wildman–Crippen MR) is 67.9 cm³/mol. The lowest BCUT2D eigenvalue weighted by molar-refractivity contribution is -0.0400. The van der Waals surface area contributed by atoms with Gasteiger partial charge in [-0.3, -0.25) is 4.90 Å². The van der Waals surface area contributed by atoms with Crippen LogP contribution >= 0.6 is 0 Å². The number of likely N-dealkylation sites (N-methyl/N-ethyl adjacent to an activating group) is 1. The van der Waals surface area contributed by atoms with Crippen molar-refractivity contribution in [2.45, 2.75) is 19.4 Å². The molecule has 0 aliphatic carbocycles. The molecule has 1 heterocycles. The second-order valence-electron chi connectivity index (χ2n) is 4.61. The van der Waals surface area contributed by atoms with Crippen molar-refractivity contribution in [1.82, 2.24) is 15.1 Å². The highest BCUT2D eigenvalue weighted by atomic mass is 16.5. The zero-order valence-corrected chi connectivity index (χ0v) is 11.0. The molecular formula is C12H27N3O. The summed E-state index contributed by atoms with van der Waals surface area (Å²) in [5, 5.41) is 3.19. The lowest BCUT2D eigenvalue weighted by atomic mass is 10.2. The summed E-state index contributed by atoms with van der Waals surface area (Å²) in [5.41, 5.74) is 0. The normalized spacial score (nSPS) is 22.9. The van der Waals surface area contributed by atoms with Gasteiger partial charge in [0.25, 0.3) is 0 Å². The quantitative estimate of drug-likeness (QED) is 0.633. The molecule has 4 nitrogen and oxygen atoms in total. The Balaban J connectivity index is 2.19. The van der Waals surface area contributed by atoms with Crippen LogP contribution in [0.1, 0.15) is 13.3 Å². The molecule has 1 fully saturated rings. The molecule has 0 saturated carbocycles. The van der Waals surface area contributed by atoms with Gasteiger partial charge in [-0.25, -0.2) is 0 Å². The molecule has 4 heteroatoms. The van der Waals surface area contributed by atoms with Crippen molar-refractivity contribution in [3.05, 3.63) is 0 Å². The van der Waals surface area contributed by atoms with E-state index in [1.165, 1.54) is 13.0 Å². The molecule has 0 radical (unpaired) electrons. The van der Waals surface area contributed by atoms with E-state index in [0.717, 1.165) is 39.3 Å². The van der Waals surface area contributed by atoms with Crippen molar-refractivity contribution >= 4 is 0 Å². The van der Waals surface area contributed by atoms with Crippen molar-refractivity contribution < 1.29 is 4.74 Å². The molecule has 1 unspecified atom stereocenters. The monoisotopic (exact) mass is 229 g/mol. The van der Waals surface area contributed by atoms with Crippen LogP contribution in [0.15, 0.2) is 0 Å². The molecule has 0 aromatic heterocycles. The van der Waals surface area contributed by atoms with E-state index in [4.69, 9.17) is 4.74 Å². The van der Waals surface area contributed by atoms with Gasteiger partial charge >= 0.3 is 0 Å². The van der Waals surface area contributed by atoms with Gasteiger partial charge in [0.15, 0.2) is 0 Å². The van der Waals surface area contributed by atoms with Gasteiger partial charge in [0.05, 0.1) is 12.7 Å². The van der Waals surface area contributed by atoms with Gasteiger partial charge in [-0.15, -0.1) is 0 Å². The molecular weight excluding hydrogens is 202 g/mol. The van der Waals surface area contributed by atoms with Gasteiger partial charge in [0.2, 0.25) is 0 Å². The summed E-state index contributed by atoms with van der Waals surface area (Å²) < 4.78 is 5.79. The number of nitrogens with one attached hydrogen (secondary N) is 1. The fourth-order valence-corrected chi connectivity index (χ4v) is 2.05. The first kappa shape index (κ1) is 13.9. The fourth-order valence-electron chi connectivity index (χ4n) is 2.05. The molecule has 0 spiro atoms. The third-order valence-corrected chi connectivity index (χ3v) is 3.18. The second kappa shape index (κ2) is 8.01. The molecule has 16 heavy (non-hydrogen) atoms. The molecule has 1 rings (SSSR count). The molecule has 0 aromatic rings. The maximum atomic E-state index is 5.79. The van der Waals surface area contributed by atoms with Crippen LogP contribution in [0.3, 0.4) is 0 Å². The van der Waals surface area contributed by atoms with Crippen LogP contribution in [-0.4, -0.2) is 75.9 Å². The van der Waals surface area contributed by atoms with E-state index in [-0.39, 0.29) is 0 Å². The highest BCUT2D eigenvalue weighted by Gasteiger charge is 2.20. The van der Waals surface area contributed by atoms with Gasteiger partial charge in [0.1, 0.15) is 0 Å². The topological polar surface area (TPSA) is 27.7 Å². The molecule has 1 atom stereocenters. The van der Waals surface area contributed by atoms with E-state index in [2.05, 4.69) is 29.1 Å². The van der Waals surface area contributed by atoms with Crippen molar-refractivity contribution in [3.63, 3.8) is 0 Å². The van der Waals surface area contributed by atoms with Crippen LogP contribution in [0.2, 0.25) is 0 Å². The van der Waals surface area contributed by atoms with E-state index in [1.54, 1.807) is 0 Å². The highest BCUT2D eigenvalue weighted by Crippen LogP contribution is 2.06. The number of hydrogen-bond donors (Lipinski definition) is 1. The summed E-state index contributed by atoms with van der Waals surface area (Å²) in [5.74, 6) is 0. The number of nitrogens with zero attached hydrogens (tertiary/aromatic N) is 2. The number of hydrogen-bond acceptors (Lipinski definition) is 4. The average Bonchev–Trinajstić information content (AvgIpc) is 2.30. The van der Waals surface area contributed by atoms with Gasteiger partial charge in [0, 0.05) is 19.6 Å². The SMILES string of the molecule is CCN(C)CC1CN(CCCNC)CCO1. The fraction of sp³-hybridized carbons (Fsp3) is 1.00. The Hall–Kier alpha value is -0.160. The molecule has 1 N–H and O–H groups in total. The third kappa shape index (κ3) is 5.25. The van der Waals surface area contributed by atoms with Crippen LogP contribution in [-0.2, 0) is 4.74 Å². The van der Waals surface area contributed by atoms with Crippen LogP contribution in [0.25, 0.3) is 0 Å². The molecule has 1 aliphatic rings. The zero-order chi connectivity index (χ0) is 11.8. The maximum Gasteiger partial charge on any atom is 0.0829 e. The second-order valence-corrected chi connectivity index (χ2v) is 4.61. The van der Waals surface area contributed by atoms with Crippen LogP contribution in [0.4, 0.5) is 0 Å². The minimum Gasteiger partial charge on any atom is -0.374 e. The van der Waals surface area contributed by atoms with Crippen LogP contribution in [0.5, 0.6) is 0 Å². The molecule has 96 valence electrons. The molecule has 0 amide bonds. The van der Waals surface area contributed by atoms with E-state index < -0.39 is 0 Å². The molecule has 1 saturated heterocycles. The van der Waals surface area contributed by atoms with E-state index in [9.17, 15) is 0 Å². The van der Waals surface area contributed by atoms with Crippen molar-refractivity contribution in [1.29, 1.82) is 0 Å². The average molecular weight is 229 g/mol. The Morgan fingerprint density at radius 3 is 3.00 bits per heavy atom. The standard InChI is InChI=1S/C12H27N3O/c1-4-14(3)10-12-11-15(8-9-16-12)7-5-6-13-2/h12-13H,4-11H2,1-3H3. The minimum absolute atomic E-state index is 0.397. The summed E-state index contributed by atoms with van der Waals surface area (Å²) in [4.78, 5) is 4.84. The summed E-state index contributed by atoms with van der Waals surface area (Å²) in [7, 11) is 4.17. The predicted octanol–water partition coefficient (Wildman–Crippen LogP) is 0.248. The van der Waals surface area contributed by atoms with E-state index in [0.29, 0.717) is 6.10 Å².